The zero-order valence-corrected chi connectivity index (χ0v) is 15.5. The molecule has 0 radical (unpaired) electrons. The van der Waals surface area contributed by atoms with Gasteiger partial charge in [0.1, 0.15) is 10.8 Å². The lowest BCUT2D eigenvalue weighted by Gasteiger charge is -2.16. The Morgan fingerprint density at radius 2 is 1.96 bits per heavy atom. The second kappa shape index (κ2) is 7.87. The van der Waals surface area contributed by atoms with Crippen molar-refractivity contribution in [1.29, 1.82) is 0 Å². The molecule has 128 valence electrons. The monoisotopic (exact) mass is 392 g/mol. The van der Waals surface area contributed by atoms with Crippen LogP contribution in [-0.2, 0) is 4.79 Å². The highest BCUT2D eigenvalue weighted by molar-refractivity contribution is 7.13. The third-order valence-electron chi connectivity index (χ3n) is 3.40. The van der Waals surface area contributed by atoms with Gasteiger partial charge in [-0.3, -0.25) is 4.79 Å². The zero-order chi connectivity index (χ0) is 17.8. The second-order valence-electron chi connectivity index (χ2n) is 5.24. The molecule has 1 aromatic heterocycles. The molecule has 4 nitrogen and oxygen atoms in total. The van der Waals surface area contributed by atoms with Gasteiger partial charge in [0.25, 0.3) is 5.91 Å². The highest BCUT2D eigenvalue weighted by Gasteiger charge is 2.16. The van der Waals surface area contributed by atoms with E-state index in [9.17, 15) is 4.79 Å². The molecule has 1 unspecified atom stereocenters. The topological polar surface area (TPSA) is 51.2 Å². The minimum atomic E-state index is -0.711. The molecule has 0 saturated heterocycles. The number of aromatic nitrogens is 1. The van der Waals surface area contributed by atoms with Crippen molar-refractivity contribution in [2.45, 2.75) is 13.0 Å². The maximum absolute atomic E-state index is 12.3. The van der Waals surface area contributed by atoms with E-state index in [4.69, 9.17) is 27.9 Å². The number of anilines is 1. The van der Waals surface area contributed by atoms with Crippen LogP contribution in [0.1, 0.15) is 6.92 Å². The summed E-state index contributed by atoms with van der Waals surface area (Å²) < 4.78 is 5.61. The Labute approximate surface area is 159 Å². The van der Waals surface area contributed by atoms with Crippen LogP contribution in [0.5, 0.6) is 5.75 Å². The Kier molecular flexibility index (Phi) is 5.58. The van der Waals surface area contributed by atoms with E-state index in [1.54, 1.807) is 42.7 Å². The van der Waals surface area contributed by atoms with Crippen molar-refractivity contribution in [3.8, 4) is 16.3 Å². The molecule has 0 bridgehead atoms. The van der Waals surface area contributed by atoms with Crippen molar-refractivity contribution in [2.24, 2.45) is 0 Å². The molecule has 0 spiro atoms. The Bertz CT molecular complexity index is 867. The molecule has 1 amide bonds. The van der Waals surface area contributed by atoms with Crippen LogP contribution in [0.3, 0.4) is 0 Å². The fraction of sp³-hybridized carbons (Fsp3) is 0.111. The largest absolute Gasteiger partial charge is 0.479 e. The number of carbonyl (C=O) groups is 1. The van der Waals surface area contributed by atoms with Crippen LogP contribution in [0.15, 0.2) is 54.0 Å². The third kappa shape index (κ3) is 4.51. The SMILES string of the molecule is CC(Oc1ccc(Cl)cc1Cl)C(=O)Nc1ccc(-c2nccs2)cc1. The third-order valence-corrected chi connectivity index (χ3v) is 4.75. The van der Waals surface area contributed by atoms with Gasteiger partial charge in [0.15, 0.2) is 6.10 Å². The van der Waals surface area contributed by atoms with E-state index in [-0.39, 0.29) is 5.91 Å². The molecule has 1 heterocycles. The summed E-state index contributed by atoms with van der Waals surface area (Å²) in [4.78, 5) is 16.5. The van der Waals surface area contributed by atoms with Crippen molar-refractivity contribution in [2.75, 3.05) is 5.32 Å². The van der Waals surface area contributed by atoms with Crippen molar-refractivity contribution < 1.29 is 9.53 Å². The first-order chi connectivity index (χ1) is 12.0. The fourth-order valence-corrected chi connectivity index (χ4v) is 3.22. The van der Waals surface area contributed by atoms with Gasteiger partial charge in [0.2, 0.25) is 0 Å². The summed E-state index contributed by atoms with van der Waals surface area (Å²) >= 11 is 13.5. The Balaban J connectivity index is 1.63. The van der Waals surface area contributed by atoms with E-state index in [0.717, 1.165) is 10.6 Å². The number of rotatable bonds is 5. The summed E-state index contributed by atoms with van der Waals surface area (Å²) in [5.74, 6) is 0.140. The lowest BCUT2D eigenvalue weighted by molar-refractivity contribution is -0.122. The van der Waals surface area contributed by atoms with E-state index in [0.29, 0.717) is 21.5 Å². The van der Waals surface area contributed by atoms with Crippen molar-refractivity contribution in [3.05, 3.63) is 64.1 Å². The van der Waals surface area contributed by atoms with E-state index < -0.39 is 6.10 Å². The summed E-state index contributed by atoms with van der Waals surface area (Å²) in [6.07, 6.45) is 1.05. The van der Waals surface area contributed by atoms with Gasteiger partial charge in [0.05, 0.1) is 5.02 Å². The van der Waals surface area contributed by atoms with Crippen LogP contribution in [0.25, 0.3) is 10.6 Å². The summed E-state index contributed by atoms with van der Waals surface area (Å²) in [5.41, 5.74) is 1.69. The van der Waals surface area contributed by atoms with Crippen LogP contribution in [0, 0.1) is 0 Å². The first-order valence-corrected chi connectivity index (χ1v) is 9.09. The molecule has 7 heteroatoms. The number of halogens is 2. The van der Waals surface area contributed by atoms with Crippen molar-refractivity contribution >= 4 is 46.1 Å². The van der Waals surface area contributed by atoms with Crippen molar-refractivity contribution in [3.63, 3.8) is 0 Å². The van der Waals surface area contributed by atoms with Gasteiger partial charge in [-0.05, 0) is 49.4 Å². The molecular weight excluding hydrogens is 379 g/mol. The van der Waals surface area contributed by atoms with Crippen LogP contribution < -0.4 is 10.1 Å². The molecule has 3 aromatic rings. The number of amides is 1. The van der Waals surface area contributed by atoms with Gasteiger partial charge in [-0.15, -0.1) is 11.3 Å². The number of thiazole rings is 1. The quantitative estimate of drug-likeness (QED) is 0.621. The smallest absolute Gasteiger partial charge is 0.265 e. The molecule has 0 fully saturated rings. The van der Waals surface area contributed by atoms with Crippen LogP contribution >= 0.6 is 34.5 Å². The highest BCUT2D eigenvalue weighted by Crippen LogP contribution is 2.28. The molecular formula is C18H14Cl2N2O2S. The lowest BCUT2D eigenvalue weighted by Crippen LogP contribution is -2.30. The number of nitrogens with zero attached hydrogens (tertiary/aromatic N) is 1. The number of hydrogen-bond acceptors (Lipinski definition) is 4. The number of carbonyl (C=O) groups excluding carboxylic acids is 1. The predicted octanol–water partition coefficient (Wildman–Crippen LogP) is 5.52. The van der Waals surface area contributed by atoms with E-state index in [1.807, 2.05) is 29.6 Å². The lowest BCUT2D eigenvalue weighted by atomic mass is 10.2. The molecule has 0 aliphatic heterocycles. The van der Waals surface area contributed by atoms with E-state index in [1.165, 1.54) is 0 Å². The zero-order valence-electron chi connectivity index (χ0n) is 13.2. The summed E-state index contributed by atoms with van der Waals surface area (Å²) in [5, 5.41) is 6.54. The molecule has 0 saturated carbocycles. The summed E-state index contributed by atoms with van der Waals surface area (Å²) in [6, 6.07) is 12.3. The maximum atomic E-state index is 12.3. The van der Waals surface area contributed by atoms with Gasteiger partial charge < -0.3 is 10.1 Å². The Morgan fingerprint density at radius 3 is 2.60 bits per heavy atom. The highest BCUT2D eigenvalue weighted by atomic mass is 35.5. The first kappa shape index (κ1) is 17.7. The molecule has 1 atom stereocenters. The van der Waals surface area contributed by atoms with Crippen LogP contribution in [0.2, 0.25) is 10.0 Å². The van der Waals surface area contributed by atoms with Gasteiger partial charge in [-0.25, -0.2) is 4.98 Å². The Morgan fingerprint density at radius 1 is 1.20 bits per heavy atom. The number of hydrogen-bond donors (Lipinski definition) is 1. The number of nitrogens with one attached hydrogen (secondary N) is 1. The number of benzene rings is 2. The molecule has 3 rings (SSSR count). The van der Waals surface area contributed by atoms with E-state index in [2.05, 4.69) is 10.3 Å². The molecule has 1 N–H and O–H groups in total. The van der Waals surface area contributed by atoms with Gasteiger partial charge in [-0.1, -0.05) is 23.2 Å². The second-order valence-corrected chi connectivity index (χ2v) is 6.98. The first-order valence-electron chi connectivity index (χ1n) is 7.45. The standard InChI is InChI=1S/C18H14Cl2N2O2S/c1-11(24-16-7-4-13(19)10-15(16)20)17(23)22-14-5-2-12(3-6-14)18-21-8-9-25-18/h2-11H,1H3,(H,22,23). The van der Waals surface area contributed by atoms with Crippen LogP contribution in [-0.4, -0.2) is 17.0 Å². The molecule has 25 heavy (non-hydrogen) atoms. The minimum absolute atomic E-state index is 0.270. The minimum Gasteiger partial charge on any atom is -0.479 e. The average molecular weight is 393 g/mol. The summed E-state index contributed by atoms with van der Waals surface area (Å²) in [6.45, 7) is 1.66. The predicted molar refractivity (Wildman–Crippen MR) is 103 cm³/mol. The van der Waals surface area contributed by atoms with Crippen molar-refractivity contribution in [1.82, 2.24) is 4.98 Å². The number of ether oxygens (including phenoxy) is 1. The van der Waals surface area contributed by atoms with Gasteiger partial charge >= 0.3 is 0 Å². The molecule has 0 aliphatic carbocycles. The van der Waals surface area contributed by atoms with E-state index >= 15 is 0 Å². The maximum Gasteiger partial charge on any atom is 0.265 e. The van der Waals surface area contributed by atoms with Crippen LogP contribution in [0.4, 0.5) is 5.69 Å². The summed E-state index contributed by atoms with van der Waals surface area (Å²) in [7, 11) is 0. The normalized spacial score (nSPS) is 11.8. The molecule has 0 aliphatic rings. The Hall–Kier alpha value is -2.08. The van der Waals surface area contributed by atoms with Gasteiger partial charge in [0, 0.05) is 27.9 Å². The average Bonchev–Trinajstić information content (AvgIpc) is 3.12. The van der Waals surface area contributed by atoms with Gasteiger partial charge in [-0.2, -0.15) is 0 Å². The fourth-order valence-electron chi connectivity index (χ4n) is 2.12. The molecule has 2 aromatic carbocycles.